The molecule has 15 heavy (non-hydrogen) atoms. The number of nitrogens with zero attached hydrogens (tertiary/aromatic N) is 2. The van der Waals surface area contributed by atoms with E-state index in [0.717, 1.165) is 0 Å². The summed E-state index contributed by atoms with van der Waals surface area (Å²) < 4.78 is 10.1. The molecule has 0 aliphatic rings. The molecular weight excluding hydrogens is 194 g/mol. The highest BCUT2D eigenvalue weighted by molar-refractivity contribution is 5.30. The number of methoxy groups -OCH3 is 2. The van der Waals surface area contributed by atoms with E-state index >= 15 is 0 Å². The van der Waals surface area contributed by atoms with Crippen molar-refractivity contribution in [3.8, 4) is 5.75 Å². The Balaban J connectivity index is 2.64. The molecule has 0 amide bonds. The Morgan fingerprint density at radius 3 is 2.33 bits per heavy atom. The van der Waals surface area contributed by atoms with Crippen molar-refractivity contribution in [2.24, 2.45) is 0 Å². The average Bonchev–Trinajstić information content (AvgIpc) is 2.18. The van der Waals surface area contributed by atoms with Crippen LogP contribution in [0.15, 0.2) is 12.4 Å². The van der Waals surface area contributed by atoms with Gasteiger partial charge in [0, 0.05) is 7.11 Å². The summed E-state index contributed by atoms with van der Waals surface area (Å²) in [6.45, 7) is 4.62. The number of rotatable bonds is 5. The highest BCUT2D eigenvalue weighted by Crippen LogP contribution is 2.12. The molecule has 0 radical (unpaired) electrons. The standard InChI is InChI=1S/C10H17N3O2/c1-10(2,7-14-3)13-9-11-5-8(15-4)6-12-9/h5-6H,7H2,1-4H3,(H,11,12,13). The van der Waals surface area contributed by atoms with Gasteiger partial charge < -0.3 is 14.8 Å². The fraction of sp³-hybridized carbons (Fsp3) is 0.600. The molecule has 1 rings (SSSR count). The van der Waals surface area contributed by atoms with Gasteiger partial charge in [0.1, 0.15) is 0 Å². The van der Waals surface area contributed by atoms with Gasteiger partial charge in [0.25, 0.3) is 0 Å². The number of anilines is 1. The summed E-state index contributed by atoms with van der Waals surface area (Å²) in [5.41, 5.74) is -0.191. The Bertz CT molecular complexity index is 298. The molecule has 1 N–H and O–H groups in total. The van der Waals surface area contributed by atoms with E-state index in [9.17, 15) is 0 Å². The van der Waals surface area contributed by atoms with Crippen LogP contribution in [-0.2, 0) is 4.74 Å². The monoisotopic (exact) mass is 211 g/mol. The normalized spacial score (nSPS) is 11.2. The van der Waals surface area contributed by atoms with Gasteiger partial charge in [-0.25, -0.2) is 9.97 Å². The Morgan fingerprint density at radius 1 is 1.27 bits per heavy atom. The summed E-state index contributed by atoms with van der Waals surface area (Å²) in [7, 11) is 3.25. The van der Waals surface area contributed by atoms with Gasteiger partial charge >= 0.3 is 0 Å². The van der Waals surface area contributed by atoms with E-state index in [1.807, 2.05) is 13.8 Å². The Labute approximate surface area is 89.8 Å². The number of ether oxygens (including phenoxy) is 2. The maximum absolute atomic E-state index is 5.08. The van der Waals surface area contributed by atoms with E-state index in [1.54, 1.807) is 26.6 Å². The highest BCUT2D eigenvalue weighted by Gasteiger charge is 2.18. The zero-order chi connectivity index (χ0) is 11.3. The van der Waals surface area contributed by atoms with E-state index in [-0.39, 0.29) is 5.54 Å². The van der Waals surface area contributed by atoms with Gasteiger partial charge in [-0.1, -0.05) is 0 Å². The summed E-state index contributed by atoms with van der Waals surface area (Å²) in [6.07, 6.45) is 3.25. The van der Waals surface area contributed by atoms with Crippen LogP contribution in [0.5, 0.6) is 5.75 Å². The van der Waals surface area contributed by atoms with Crippen molar-refractivity contribution in [2.45, 2.75) is 19.4 Å². The number of hydrogen-bond acceptors (Lipinski definition) is 5. The van der Waals surface area contributed by atoms with Gasteiger partial charge in [0.2, 0.25) is 5.95 Å². The molecular formula is C10H17N3O2. The van der Waals surface area contributed by atoms with Crippen molar-refractivity contribution in [3.63, 3.8) is 0 Å². The zero-order valence-electron chi connectivity index (χ0n) is 9.57. The highest BCUT2D eigenvalue weighted by atomic mass is 16.5. The van der Waals surface area contributed by atoms with Crippen molar-refractivity contribution < 1.29 is 9.47 Å². The van der Waals surface area contributed by atoms with Crippen LogP contribution in [0.4, 0.5) is 5.95 Å². The van der Waals surface area contributed by atoms with Crippen LogP contribution in [0.25, 0.3) is 0 Å². The number of nitrogens with one attached hydrogen (secondary N) is 1. The first-order valence-electron chi connectivity index (χ1n) is 4.70. The molecule has 0 spiro atoms. The van der Waals surface area contributed by atoms with Crippen LogP contribution in [0.1, 0.15) is 13.8 Å². The van der Waals surface area contributed by atoms with Crippen molar-refractivity contribution in [2.75, 3.05) is 26.1 Å². The topological polar surface area (TPSA) is 56.3 Å². The van der Waals surface area contributed by atoms with Crippen LogP contribution >= 0.6 is 0 Å². The van der Waals surface area contributed by atoms with Crippen LogP contribution in [0.3, 0.4) is 0 Å². The van der Waals surface area contributed by atoms with Gasteiger partial charge in [-0.2, -0.15) is 0 Å². The quantitative estimate of drug-likeness (QED) is 0.796. The third-order valence-electron chi connectivity index (χ3n) is 1.82. The molecule has 0 saturated carbocycles. The molecule has 0 aromatic carbocycles. The average molecular weight is 211 g/mol. The van der Waals surface area contributed by atoms with Gasteiger partial charge in [-0.15, -0.1) is 0 Å². The lowest BCUT2D eigenvalue weighted by molar-refractivity contribution is 0.158. The lowest BCUT2D eigenvalue weighted by Gasteiger charge is -2.24. The molecule has 5 heteroatoms. The first kappa shape index (κ1) is 11.7. The van der Waals surface area contributed by atoms with E-state index in [1.165, 1.54) is 0 Å². The summed E-state index contributed by atoms with van der Waals surface area (Å²) in [4.78, 5) is 8.23. The van der Waals surface area contributed by atoms with Crippen LogP contribution in [0.2, 0.25) is 0 Å². The largest absolute Gasteiger partial charge is 0.494 e. The Kier molecular flexibility index (Phi) is 3.85. The second kappa shape index (κ2) is 4.93. The SMILES string of the molecule is COCC(C)(C)Nc1ncc(OC)cn1. The molecule has 0 atom stereocenters. The minimum absolute atomic E-state index is 0.191. The second-order valence-electron chi connectivity index (χ2n) is 3.89. The Morgan fingerprint density at radius 2 is 1.87 bits per heavy atom. The maximum atomic E-state index is 5.08. The van der Waals surface area contributed by atoms with E-state index < -0.39 is 0 Å². The molecule has 0 aliphatic carbocycles. The lowest BCUT2D eigenvalue weighted by atomic mass is 10.1. The molecule has 0 fully saturated rings. The maximum Gasteiger partial charge on any atom is 0.223 e. The molecule has 1 aromatic heterocycles. The predicted octanol–water partition coefficient (Wildman–Crippen LogP) is 1.32. The number of hydrogen-bond donors (Lipinski definition) is 1. The smallest absolute Gasteiger partial charge is 0.223 e. The molecule has 0 aliphatic heterocycles. The van der Waals surface area contributed by atoms with Crippen LogP contribution < -0.4 is 10.1 Å². The van der Waals surface area contributed by atoms with Crippen molar-refractivity contribution >= 4 is 5.95 Å². The van der Waals surface area contributed by atoms with Gasteiger partial charge in [-0.05, 0) is 13.8 Å². The number of aromatic nitrogens is 2. The van der Waals surface area contributed by atoms with E-state index in [4.69, 9.17) is 9.47 Å². The summed E-state index contributed by atoms with van der Waals surface area (Å²) in [6, 6.07) is 0. The molecule has 0 bridgehead atoms. The first-order chi connectivity index (χ1) is 7.07. The third-order valence-corrected chi connectivity index (χ3v) is 1.82. The van der Waals surface area contributed by atoms with Gasteiger partial charge in [0.05, 0.1) is 31.6 Å². The third kappa shape index (κ3) is 3.71. The van der Waals surface area contributed by atoms with Gasteiger partial charge in [0.15, 0.2) is 5.75 Å². The summed E-state index contributed by atoms with van der Waals surface area (Å²) in [5, 5.41) is 3.17. The molecule has 0 unspecified atom stereocenters. The van der Waals surface area contributed by atoms with Crippen LogP contribution in [-0.4, -0.2) is 36.3 Å². The van der Waals surface area contributed by atoms with Gasteiger partial charge in [-0.3, -0.25) is 0 Å². The zero-order valence-corrected chi connectivity index (χ0v) is 9.57. The van der Waals surface area contributed by atoms with E-state index in [0.29, 0.717) is 18.3 Å². The first-order valence-corrected chi connectivity index (χ1v) is 4.70. The fourth-order valence-corrected chi connectivity index (χ4v) is 1.19. The minimum atomic E-state index is -0.191. The molecule has 84 valence electrons. The molecule has 5 nitrogen and oxygen atoms in total. The van der Waals surface area contributed by atoms with E-state index in [2.05, 4.69) is 15.3 Å². The lowest BCUT2D eigenvalue weighted by Crippen LogP contribution is -2.36. The van der Waals surface area contributed by atoms with Crippen molar-refractivity contribution in [3.05, 3.63) is 12.4 Å². The predicted molar refractivity (Wildman–Crippen MR) is 58.2 cm³/mol. The van der Waals surface area contributed by atoms with Crippen molar-refractivity contribution in [1.82, 2.24) is 9.97 Å². The second-order valence-corrected chi connectivity index (χ2v) is 3.89. The molecule has 1 aromatic rings. The fourth-order valence-electron chi connectivity index (χ4n) is 1.19. The molecule has 1 heterocycles. The van der Waals surface area contributed by atoms with Crippen LogP contribution in [0, 0.1) is 0 Å². The summed E-state index contributed by atoms with van der Waals surface area (Å²) in [5.74, 6) is 1.21. The summed E-state index contributed by atoms with van der Waals surface area (Å²) >= 11 is 0. The minimum Gasteiger partial charge on any atom is -0.494 e. The van der Waals surface area contributed by atoms with Crippen molar-refractivity contribution in [1.29, 1.82) is 0 Å². The molecule has 0 saturated heterocycles. The Hall–Kier alpha value is -1.36.